The van der Waals surface area contributed by atoms with Gasteiger partial charge >= 0.3 is 6.09 Å². The van der Waals surface area contributed by atoms with Gasteiger partial charge in [-0.1, -0.05) is 30.3 Å². The van der Waals surface area contributed by atoms with Gasteiger partial charge in [0.15, 0.2) is 5.72 Å². The van der Waals surface area contributed by atoms with Crippen molar-refractivity contribution in [3.8, 4) is 0 Å². The molecule has 160 valence electrons. The zero-order chi connectivity index (χ0) is 22.5. The summed E-state index contributed by atoms with van der Waals surface area (Å²) in [6.45, 7) is 0.108. The van der Waals surface area contributed by atoms with Gasteiger partial charge in [-0.05, 0) is 30.3 Å². The normalized spacial score (nSPS) is 17.6. The highest BCUT2D eigenvalue weighted by Gasteiger charge is 2.50. The Morgan fingerprint density at radius 1 is 1.16 bits per heavy atom. The number of fused-ring (bicyclic) bond motifs is 2. The number of carbonyl (C=O) groups is 2. The largest absolute Gasteiger partial charge is 0.465 e. The molecule has 2 aromatic heterocycles. The molecule has 0 saturated carbocycles. The molecule has 1 aliphatic heterocycles. The van der Waals surface area contributed by atoms with Crippen molar-refractivity contribution in [2.75, 3.05) is 11.9 Å². The van der Waals surface area contributed by atoms with E-state index in [0.717, 1.165) is 4.90 Å². The summed E-state index contributed by atoms with van der Waals surface area (Å²) >= 11 is 0. The van der Waals surface area contributed by atoms with Crippen molar-refractivity contribution < 1.29 is 19.8 Å². The van der Waals surface area contributed by atoms with Crippen LogP contribution in [0.2, 0.25) is 0 Å². The van der Waals surface area contributed by atoms with E-state index in [-0.39, 0.29) is 18.4 Å². The fourth-order valence-corrected chi connectivity index (χ4v) is 4.02. The molecule has 4 aromatic rings. The van der Waals surface area contributed by atoms with Crippen LogP contribution in [0, 0.1) is 0 Å². The zero-order valence-corrected chi connectivity index (χ0v) is 17.1. The van der Waals surface area contributed by atoms with E-state index in [0.29, 0.717) is 33.4 Å². The van der Waals surface area contributed by atoms with Gasteiger partial charge in [0.25, 0.3) is 5.91 Å². The third kappa shape index (κ3) is 2.90. The van der Waals surface area contributed by atoms with Gasteiger partial charge in [0, 0.05) is 29.9 Å². The predicted octanol–water partition coefficient (Wildman–Crippen LogP) is 2.92. The van der Waals surface area contributed by atoms with Crippen molar-refractivity contribution in [3.63, 3.8) is 0 Å². The maximum Gasteiger partial charge on any atom is 0.413 e. The Hall–Kier alpha value is -4.24. The average Bonchev–Trinajstić information content (AvgIpc) is 3.33. The van der Waals surface area contributed by atoms with Gasteiger partial charge in [0.1, 0.15) is 0 Å². The summed E-state index contributed by atoms with van der Waals surface area (Å²) < 4.78 is 0. The lowest BCUT2D eigenvalue weighted by Crippen LogP contribution is -2.44. The van der Waals surface area contributed by atoms with Crippen LogP contribution in [0.4, 0.5) is 10.7 Å². The number of H-pyrrole nitrogens is 1. The van der Waals surface area contributed by atoms with Crippen molar-refractivity contribution in [2.45, 2.75) is 12.3 Å². The smallest absolute Gasteiger partial charge is 0.413 e. The maximum atomic E-state index is 13.3. The second kappa shape index (κ2) is 7.17. The number of carbonyl (C=O) groups excluding carboxylic acids is 1. The minimum Gasteiger partial charge on any atom is -0.465 e. The van der Waals surface area contributed by atoms with Gasteiger partial charge in [-0.2, -0.15) is 0 Å². The monoisotopic (exact) mass is 429 g/mol. The Bertz CT molecular complexity index is 1350. The second-order valence-corrected chi connectivity index (χ2v) is 7.56. The number of rotatable bonds is 4. The number of carboxylic acid groups (broad SMARTS) is 1. The minimum atomic E-state index is -1.74. The highest BCUT2D eigenvalue weighted by Crippen LogP contribution is 2.43. The highest BCUT2D eigenvalue weighted by atomic mass is 16.4. The lowest BCUT2D eigenvalue weighted by Gasteiger charge is -2.34. The summed E-state index contributed by atoms with van der Waals surface area (Å²) in [4.78, 5) is 38.5. The van der Waals surface area contributed by atoms with Gasteiger partial charge in [-0.25, -0.2) is 9.78 Å². The quantitative estimate of drug-likeness (QED) is 0.458. The molecular weight excluding hydrogens is 410 g/mol. The Labute approximate surface area is 182 Å². The van der Waals surface area contributed by atoms with Crippen LogP contribution in [0.1, 0.15) is 27.2 Å². The Kier molecular flexibility index (Phi) is 4.42. The average molecular weight is 429 g/mol. The van der Waals surface area contributed by atoms with E-state index in [2.05, 4.69) is 15.0 Å². The molecule has 9 heteroatoms. The van der Waals surface area contributed by atoms with E-state index in [4.69, 9.17) is 0 Å². The number of pyridine rings is 1. The number of aliphatic hydroxyl groups is 1. The Morgan fingerprint density at radius 2 is 1.94 bits per heavy atom. The molecule has 0 bridgehead atoms. The van der Waals surface area contributed by atoms with E-state index in [9.17, 15) is 19.8 Å². The predicted molar refractivity (Wildman–Crippen MR) is 116 cm³/mol. The fraction of sp³-hybridized carbons (Fsp3) is 0.130. The Balaban J connectivity index is 1.65. The molecule has 0 aliphatic carbocycles. The van der Waals surface area contributed by atoms with Crippen molar-refractivity contribution >= 4 is 29.0 Å². The molecule has 0 spiro atoms. The summed E-state index contributed by atoms with van der Waals surface area (Å²) in [6.07, 6.45) is 0.484. The number of nitrogens with zero attached hydrogens (tertiary/aromatic N) is 4. The van der Waals surface area contributed by atoms with Crippen LogP contribution in [-0.4, -0.2) is 49.1 Å². The first kappa shape index (κ1) is 19.7. The minimum absolute atomic E-state index is 0.108. The second-order valence-electron chi connectivity index (χ2n) is 7.56. The Morgan fingerprint density at radius 3 is 2.69 bits per heavy atom. The molecule has 1 atom stereocenters. The van der Waals surface area contributed by atoms with Gasteiger partial charge < -0.3 is 15.2 Å². The third-order valence-corrected chi connectivity index (χ3v) is 5.69. The molecule has 9 nitrogen and oxygen atoms in total. The number of imidazole rings is 1. The number of hydrogen-bond acceptors (Lipinski definition) is 5. The number of hydrogen-bond donors (Lipinski definition) is 3. The van der Waals surface area contributed by atoms with Crippen LogP contribution in [-0.2, 0) is 12.3 Å². The van der Waals surface area contributed by atoms with Crippen LogP contribution in [0.25, 0.3) is 11.0 Å². The summed E-state index contributed by atoms with van der Waals surface area (Å²) in [5.74, 6) is -0.146. The third-order valence-electron chi connectivity index (χ3n) is 5.69. The SMILES string of the molecule is CN(C(=O)O)c1nc2cc(C3(O)c4ccccc4C(=O)N3Cc3ccccn3)ccc2[nH]1. The van der Waals surface area contributed by atoms with Crippen LogP contribution in [0.15, 0.2) is 66.9 Å². The molecular formula is C23H19N5O4. The molecule has 32 heavy (non-hydrogen) atoms. The van der Waals surface area contributed by atoms with Crippen molar-refractivity contribution in [3.05, 3.63) is 89.2 Å². The number of aromatic nitrogens is 3. The molecule has 3 N–H and O–H groups in total. The number of benzene rings is 2. The molecule has 1 unspecified atom stereocenters. The molecule has 0 radical (unpaired) electrons. The van der Waals surface area contributed by atoms with Crippen LogP contribution < -0.4 is 4.90 Å². The number of amides is 2. The summed E-state index contributed by atoms with van der Waals surface area (Å²) in [7, 11) is 1.38. The van der Waals surface area contributed by atoms with Crippen molar-refractivity contribution in [1.82, 2.24) is 19.9 Å². The van der Waals surface area contributed by atoms with Gasteiger partial charge in [-0.3, -0.25) is 19.6 Å². The topological polar surface area (TPSA) is 123 Å². The standard InChI is InChI=1S/C23H19N5O4/c1-27(22(30)31)21-25-18-10-9-14(12-19(18)26-21)23(32)17-8-3-2-7-16(17)20(29)28(23)13-15-6-4-5-11-24-15/h2-12,32H,13H2,1H3,(H,25,26)(H,30,31). The fourth-order valence-electron chi connectivity index (χ4n) is 4.02. The lowest BCUT2D eigenvalue weighted by molar-refractivity contribution is -0.0547. The summed E-state index contributed by atoms with van der Waals surface area (Å²) in [5, 5.41) is 21.2. The van der Waals surface area contributed by atoms with Crippen molar-refractivity contribution in [2.24, 2.45) is 0 Å². The zero-order valence-electron chi connectivity index (χ0n) is 17.1. The molecule has 0 saturated heterocycles. The summed E-state index contributed by atoms with van der Waals surface area (Å²) in [6, 6.07) is 17.4. The van der Waals surface area contributed by atoms with Crippen LogP contribution in [0.3, 0.4) is 0 Å². The van der Waals surface area contributed by atoms with Gasteiger partial charge in [0.05, 0.1) is 23.3 Å². The van der Waals surface area contributed by atoms with E-state index in [1.165, 1.54) is 11.9 Å². The number of anilines is 1. The first-order valence-corrected chi connectivity index (χ1v) is 9.90. The van der Waals surface area contributed by atoms with Crippen molar-refractivity contribution in [1.29, 1.82) is 0 Å². The van der Waals surface area contributed by atoms with E-state index in [1.807, 2.05) is 6.07 Å². The first-order chi connectivity index (χ1) is 15.4. The first-order valence-electron chi connectivity index (χ1n) is 9.90. The van der Waals surface area contributed by atoms with Crippen LogP contribution >= 0.6 is 0 Å². The molecule has 2 aromatic carbocycles. The highest BCUT2D eigenvalue weighted by molar-refractivity contribution is 6.00. The lowest BCUT2D eigenvalue weighted by atomic mass is 9.93. The molecule has 1 aliphatic rings. The van der Waals surface area contributed by atoms with E-state index in [1.54, 1.807) is 60.8 Å². The molecule has 5 rings (SSSR count). The molecule has 3 heterocycles. The molecule has 0 fully saturated rings. The van der Waals surface area contributed by atoms with Crippen LogP contribution in [0.5, 0.6) is 0 Å². The van der Waals surface area contributed by atoms with Gasteiger partial charge in [0.2, 0.25) is 5.95 Å². The molecule has 2 amide bonds. The number of nitrogens with one attached hydrogen (secondary N) is 1. The maximum absolute atomic E-state index is 13.3. The van der Waals surface area contributed by atoms with Gasteiger partial charge in [-0.15, -0.1) is 0 Å². The number of aromatic amines is 1. The summed E-state index contributed by atoms with van der Waals surface area (Å²) in [5.41, 5.74) is 1.30. The van der Waals surface area contributed by atoms with E-state index >= 15 is 0 Å². The van der Waals surface area contributed by atoms with E-state index < -0.39 is 11.8 Å².